The smallest absolute Gasteiger partial charge is 0.270 e. The Morgan fingerprint density at radius 1 is 1.28 bits per heavy atom. The van der Waals surface area contributed by atoms with Crippen molar-refractivity contribution in [1.29, 1.82) is 5.26 Å². The molecule has 1 aromatic carbocycles. The molecule has 1 atom stereocenters. The van der Waals surface area contributed by atoms with E-state index in [2.05, 4.69) is 20.6 Å². The van der Waals surface area contributed by atoms with Crippen LogP contribution < -0.4 is 10.6 Å². The first-order valence-electron chi connectivity index (χ1n) is 7.56. The van der Waals surface area contributed by atoms with Gasteiger partial charge in [0, 0.05) is 17.8 Å². The van der Waals surface area contributed by atoms with E-state index < -0.39 is 21.8 Å². The van der Waals surface area contributed by atoms with E-state index >= 15 is 0 Å². The molecule has 0 radical (unpaired) electrons. The van der Waals surface area contributed by atoms with Gasteiger partial charge in [0.25, 0.3) is 5.91 Å². The topological polar surface area (TPSA) is 125 Å². The molecule has 2 heterocycles. The third-order valence-corrected chi connectivity index (χ3v) is 5.50. The summed E-state index contributed by atoms with van der Waals surface area (Å²) in [4.78, 5) is 20.2. The van der Waals surface area contributed by atoms with E-state index in [1.165, 1.54) is 12.4 Å². The van der Waals surface area contributed by atoms with Crippen LogP contribution in [0.4, 0.5) is 11.5 Å². The Balaban J connectivity index is 1.70. The third-order valence-electron chi connectivity index (χ3n) is 3.73. The van der Waals surface area contributed by atoms with Gasteiger partial charge in [0.05, 0.1) is 23.1 Å². The van der Waals surface area contributed by atoms with Crippen LogP contribution in [-0.4, -0.2) is 41.8 Å². The minimum absolute atomic E-state index is 0.0458. The SMILES string of the molecule is N#Cc1cccc(Nc2cc(C(=O)NC3CCS(=O)(=O)C3)ncn2)c1. The first-order chi connectivity index (χ1) is 11.9. The van der Waals surface area contributed by atoms with Crippen LogP contribution in [-0.2, 0) is 9.84 Å². The number of hydrogen-bond donors (Lipinski definition) is 2. The van der Waals surface area contributed by atoms with Crippen molar-refractivity contribution in [3.8, 4) is 6.07 Å². The molecule has 2 N–H and O–H groups in total. The van der Waals surface area contributed by atoms with Gasteiger partial charge in [0.1, 0.15) is 17.8 Å². The fourth-order valence-electron chi connectivity index (χ4n) is 2.53. The van der Waals surface area contributed by atoms with Crippen molar-refractivity contribution in [3.63, 3.8) is 0 Å². The van der Waals surface area contributed by atoms with E-state index in [1.54, 1.807) is 24.3 Å². The lowest BCUT2D eigenvalue weighted by atomic mass is 10.2. The van der Waals surface area contributed by atoms with Crippen molar-refractivity contribution in [1.82, 2.24) is 15.3 Å². The summed E-state index contributed by atoms with van der Waals surface area (Å²) in [5.41, 5.74) is 1.30. The van der Waals surface area contributed by atoms with E-state index in [0.717, 1.165) is 0 Å². The predicted octanol–water partition coefficient (Wildman–Crippen LogP) is 1.01. The first-order valence-corrected chi connectivity index (χ1v) is 9.38. The second-order valence-electron chi connectivity index (χ2n) is 5.68. The highest BCUT2D eigenvalue weighted by atomic mass is 32.2. The van der Waals surface area contributed by atoms with Gasteiger partial charge in [0.2, 0.25) is 0 Å². The third kappa shape index (κ3) is 4.30. The maximum atomic E-state index is 12.2. The molecule has 1 aliphatic heterocycles. The summed E-state index contributed by atoms with van der Waals surface area (Å²) in [5.74, 6) is -0.00720. The Kier molecular flexibility index (Phi) is 4.63. The Bertz CT molecular complexity index is 952. The molecule has 0 spiro atoms. The van der Waals surface area contributed by atoms with Crippen molar-refractivity contribution in [2.45, 2.75) is 12.5 Å². The van der Waals surface area contributed by atoms with Gasteiger partial charge in [0.15, 0.2) is 9.84 Å². The molecule has 1 aromatic heterocycles. The minimum atomic E-state index is -3.06. The number of rotatable bonds is 4. The monoisotopic (exact) mass is 357 g/mol. The van der Waals surface area contributed by atoms with Crippen molar-refractivity contribution in [2.75, 3.05) is 16.8 Å². The van der Waals surface area contributed by atoms with Crippen molar-refractivity contribution >= 4 is 27.2 Å². The van der Waals surface area contributed by atoms with Gasteiger partial charge in [-0.05, 0) is 24.6 Å². The van der Waals surface area contributed by atoms with Crippen LogP contribution in [0.1, 0.15) is 22.5 Å². The summed E-state index contributed by atoms with van der Waals surface area (Å²) in [6.45, 7) is 0. The lowest BCUT2D eigenvalue weighted by Crippen LogP contribution is -2.36. The Morgan fingerprint density at radius 2 is 2.12 bits per heavy atom. The number of aromatic nitrogens is 2. The number of carbonyl (C=O) groups excluding carboxylic acids is 1. The molecule has 128 valence electrons. The number of hydrogen-bond acceptors (Lipinski definition) is 7. The zero-order valence-corrected chi connectivity index (χ0v) is 14.0. The van der Waals surface area contributed by atoms with Gasteiger partial charge >= 0.3 is 0 Å². The van der Waals surface area contributed by atoms with Crippen LogP contribution in [0, 0.1) is 11.3 Å². The highest BCUT2D eigenvalue weighted by molar-refractivity contribution is 7.91. The van der Waals surface area contributed by atoms with Crippen LogP contribution >= 0.6 is 0 Å². The van der Waals surface area contributed by atoms with E-state index in [9.17, 15) is 13.2 Å². The fourth-order valence-corrected chi connectivity index (χ4v) is 4.21. The highest BCUT2D eigenvalue weighted by Gasteiger charge is 2.29. The van der Waals surface area contributed by atoms with Crippen LogP contribution in [0.25, 0.3) is 0 Å². The van der Waals surface area contributed by atoms with Gasteiger partial charge in [-0.1, -0.05) is 6.07 Å². The standard InChI is InChI=1S/C16H15N5O3S/c17-8-11-2-1-3-12(6-11)20-15-7-14(18-10-19-15)16(22)21-13-4-5-25(23,24)9-13/h1-3,6-7,10,13H,4-5,9H2,(H,21,22)(H,18,19,20). The highest BCUT2D eigenvalue weighted by Crippen LogP contribution is 2.16. The van der Waals surface area contributed by atoms with E-state index in [4.69, 9.17) is 5.26 Å². The number of sulfone groups is 1. The summed E-state index contributed by atoms with van der Waals surface area (Å²) in [6.07, 6.45) is 1.65. The van der Waals surface area contributed by atoms with Gasteiger partial charge in [-0.3, -0.25) is 4.79 Å². The van der Waals surface area contributed by atoms with Gasteiger partial charge in [-0.25, -0.2) is 18.4 Å². The maximum absolute atomic E-state index is 12.2. The molecule has 1 fully saturated rings. The minimum Gasteiger partial charge on any atom is -0.347 e. The summed E-state index contributed by atoms with van der Waals surface area (Å²) >= 11 is 0. The van der Waals surface area contributed by atoms with Crippen LogP contribution in [0.3, 0.4) is 0 Å². The van der Waals surface area contributed by atoms with Crippen LogP contribution in [0.5, 0.6) is 0 Å². The Hall–Kier alpha value is -2.99. The molecule has 2 aromatic rings. The fraction of sp³-hybridized carbons (Fsp3) is 0.250. The summed E-state index contributed by atoms with van der Waals surface area (Å²) < 4.78 is 22.9. The second-order valence-corrected chi connectivity index (χ2v) is 7.91. The number of benzene rings is 1. The van der Waals surface area contributed by atoms with Gasteiger partial charge < -0.3 is 10.6 Å². The second kappa shape index (κ2) is 6.86. The predicted molar refractivity (Wildman–Crippen MR) is 91.0 cm³/mol. The molecule has 9 heteroatoms. The molecule has 3 rings (SSSR count). The van der Waals surface area contributed by atoms with E-state index in [1.807, 2.05) is 6.07 Å². The molecule has 8 nitrogen and oxygen atoms in total. The number of anilines is 2. The van der Waals surface area contributed by atoms with Gasteiger partial charge in [-0.2, -0.15) is 5.26 Å². The van der Waals surface area contributed by atoms with Crippen molar-refractivity contribution in [2.24, 2.45) is 0 Å². The summed E-state index contributed by atoms with van der Waals surface area (Å²) in [7, 11) is -3.06. The molecule has 1 amide bonds. The normalized spacial score (nSPS) is 18.3. The zero-order chi connectivity index (χ0) is 17.9. The molecule has 1 saturated heterocycles. The van der Waals surface area contributed by atoms with E-state index in [0.29, 0.717) is 23.5 Å². The van der Waals surface area contributed by atoms with Crippen LogP contribution in [0.15, 0.2) is 36.7 Å². The Labute approximate surface area is 144 Å². The van der Waals surface area contributed by atoms with E-state index in [-0.39, 0.29) is 17.2 Å². The quantitative estimate of drug-likeness (QED) is 0.836. The van der Waals surface area contributed by atoms with Crippen molar-refractivity contribution < 1.29 is 13.2 Å². The summed E-state index contributed by atoms with van der Waals surface area (Å²) in [5, 5.41) is 14.6. The summed E-state index contributed by atoms with van der Waals surface area (Å²) in [6, 6.07) is 9.96. The molecule has 1 unspecified atom stereocenters. The Morgan fingerprint density at radius 3 is 2.84 bits per heavy atom. The number of nitrogens with one attached hydrogen (secondary N) is 2. The molecular weight excluding hydrogens is 342 g/mol. The first kappa shape index (κ1) is 16.9. The molecule has 0 bridgehead atoms. The van der Waals surface area contributed by atoms with Crippen LogP contribution in [0.2, 0.25) is 0 Å². The maximum Gasteiger partial charge on any atom is 0.270 e. The largest absolute Gasteiger partial charge is 0.347 e. The number of carbonyl (C=O) groups is 1. The molecule has 1 aliphatic rings. The van der Waals surface area contributed by atoms with Gasteiger partial charge in [-0.15, -0.1) is 0 Å². The average molecular weight is 357 g/mol. The average Bonchev–Trinajstić information content (AvgIpc) is 2.94. The molecular formula is C16H15N5O3S. The number of amides is 1. The molecule has 25 heavy (non-hydrogen) atoms. The number of nitriles is 1. The van der Waals surface area contributed by atoms with Crippen molar-refractivity contribution in [3.05, 3.63) is 47.9 Å². The lowest BCUT2D eigenvalue weighted by molar-refractivity contribution is 0.0936. The molecule has 0 aliphatic carbocycles. The number of nitrogens with zero attached hydrogens (tertiary/aromatic N) is 3. The zero-order valence-electron chi connectivity index (χ0n) is 13.1. The molecule has 0 saturated carbocycles. The lowest BCUT2D eigenvalue weighted by Gasteiger charge is -2.11.